The molecule has 0 aliphatic heterocycles. The molecule has 2 nitrogen and oxygen atoms in total. The Morgan fingerprint density at radius 3 is 1.64 bits per heavy atom. The fraction of sp³-hybridized carbons (Fsp3) is 0.875. The molecule has 0 atom stereocenters. The summed E-state index contributed by atoms with van der Waals surface area (Å²) in [6.45, 7) is 6.38. The number of carboxylic acid groups (broad SMARTS) is 1. The van der Waals surface area contributed by atoms with Crippen molar-refractivity contribution in [1.82, 2.24) is 0 Å². The van der Waals surface area contributed by atoms with E-state index in [9.17, 15) is 4.79 Å². The number of aliphatic carboxylic acids is 1. The maximum atomic E-state index is 10.5. The van der Waals surface area contributed by atoms with Gasteiger partial charge < -0.3 is 0 Å². The van der Waals surface area contributed by atoms with Crippen molar-refractivity contribution in [3.63, 3.8) is 0 Å². The Bertz CT molecular complexity index is 122. The van der Waals surface area contributed by atoms with Gasteiger partial charge in [0.2, 0.25) is 0 Å². The maximum absolute atomic E-state index is 10.5. The number of carboxylic acids is 1. The van der Waals surface area contributed by atoms with E-state index in [2.05, 4.69) is 20.8 Å². The third-order valence-corrected chi connectivity index (χ3v) is 8.33. The average molecular weight is 178 g/mol. The van der Waals surface area contributed by atoms with Gasteiger partial charge in [0.05, 0.1) is 0 Å². The summed E-state index contributed by atoms with van der Waals surface area (Å²) in [6.07, 6.45) is 3.77. The van der Waals surface area contributed by atoms with Crippen molar-refractivity contribution >= 4 is 13.2 Å². The Morgan fingerprint density at radius 2 is 1.55 bits per heavy atom. The fourth-order valence-corrected chi connectivity index (χ4v) is 4.34. The van der Waals surface area contributed by atoms with Crippen LogP contribution in [0.2, 0.25) is 0 Å². The Kier molecular flexibility index (Phi) is 4.67. The van der Waals surface area contributed by atoms with Crippen LogP contribution in [-0.2, 0) is 4.79 Å². The number of carbonyl (C=O) groups is 1. The predicted octanol–water partition coefficient (Wildman–Crippen LogP) is 1.88. The van der Waals surface area contributed by atoms with Crippen LogP contribution < -0.4 is 0 Å². The van der Waals surface area contributed by atoms with E-state index >= 15 is 0 Å². The van der Waals surface area contributed by atoms with Gasteiger partial charge in [-0.25, -0.2) is 0 Å². The van der Waals surface area contributed by atoms with Crippen LogP contribution >= 0.6 is 7.26 Å². The molecule has 0 aliphatic carbocycles. The minimum absolute atomic E-state index is 0.455. The first-order chi connectivity index (χ1) is 5.10. The van der Waals surface area contributed by atoms with Gasteiger partial charge in [-0.3, -0.25) is 0 Å². The molecular formula is C8H19O2P. The van der Waals surface area contributed by atoms with Gasteiger partial charge in [-0.2, -0.15) is 0 Å². The van der Waals surface area contributed by atoms with Gasteiger partial charge in [0.25, 0.3) is 0 Å². The molecule has 0 aromatic carbocycles. The van der Waals surface area contributed by atoms with Crippen LogP contribution in [0.3, 0.4) is 0 Å². The van der Waals surface area contributed by atoms with Gasteiger partial charge in [0, 0.05) is 0 Å². The zero-order valence-corrected chi connectivity index (χ0v) is 8.68. The summed E-state index contributed by atoms with van der Waals surface area (Å²) in [7, 11) is -1.38. The Hall–Kier alpha value is -0.100. The van der Waals surface area contributed by atoms with Gasteiger partial charge in [-0.1, -0.05) is 0 Å². The van der Waals surface area contributed by atoms with Crippen molar-refractivity contribution in [3.05, 3.63) is 0 Å². The molecule has 0 aromatic heterocycles. The van der Waals surface area contributed by atoms with Crippen molar-refractivity contribution in [2.24, 2.45) is 0 Å². The predicted molar refractivity (Wildman–Crippen MR) is 52.4 cm³/mol. The quantitative estimate of drug-likeness (QED) is 0.652. The van der Waals surface area contributed by atoms with E-state index in [1.54, 1.807) is 0 Å². The first-order valence-electron chi connectivity index (χ1n) is 4.32. The molecule has 0 amide bonds. The van der Waals surface area contributed by atoms with Gasteiger partial charge in [0.1, 0.15) is 0 Å². The normalized spacial score (nSPS) is 13.0. The summed E-state index contributed by atoms with van der Waals surface area (Å²) in [5.74, 6) is -0.609. The number of hydrogen-bond donors (Lipinski definition) is 1. The van der Waals surface area contributed by atoms with Gasteiger partial charge in [-0.05, 0) is 0 Å². The molecule has 68 valence electrons. The number of hydrogen-bond acceptors (Lipinski definition) is 1. The van der Waals surface area contributed by atoms with Crippen molar-refractivity contribution < 1.29 is 9.90 Å². The third kappa shape index (κ3) is 3.20. The van der Waals surface area contributed by atoms with E-state index in [4.69, 9.17) is 5.11 Å². The van der Waals surface area contributed by atoms with Crippen LogP contribution in [0.4, 0.5) is 0 Å². The molecule has 0 bridgehead atoms. The summed E-state index contributed by atoms with van der Waals surface area (Å²) in [5, 5.41) is 8.68. The Labute approximate surface area is 69.3 Å². The molecule has 0 saturated carbocycles. The molecule has 0 aromatic rings. The summed E-state index contributed by atoms with van der Waals surface area (Å²) in [5.41, 5.74) is 0. The van der Waals surface area contributed by atoms with E-state index in [0.29, 0.717) is 6.16 Å². The second kappa shape index (κ2) is 4.71. The molecular weight excluding hydrogens is 159 g/mol. The molecule has 0 fully saturated rings. The molecule has 0 saturated heterocycles. The summed E-state index contributed by atoms with van der Waals surface area (Å²) in [4.78, 5) is 10.5. The first kappa shape index (κ1) is 10.9. The second-order valence-corrected chi connectivity index (χ2v) is 8.61. The van der Waals surface area contributed by atoms with E-state index in [1.807, 2.05) is 0 Å². The van der Waals surface area contributed by atoms with Crippen molar-refractivity contribution in [3.8, 4) is 0 Å². The zero-order chi connectivity index (χ0) is 8.91. The summed E-state index contributed by atoms with van der Waals surface area (Å²) < 4.78 is 0. The van der Waals surface area contributed by atoms with Crippen LogP contribution in [0.5, 0.6) is 0 Å². The monoisotopic (exact) mass is 178 g/mol. The van der Waals surface area contributed by atoms with Gasteiger partial charge in [0.15, 0.2) is 0 Å². The number of rotatable bonds is 5. The molecule has 0 spiro atoms. The molecule has 0 unspecified atom stereocenters. The Balaban J connectivity index is 4.16. The first-order valence-corrected chi connectivity index (χ1v) is 7.15. The fourth-order valence-electron chi connectivity index (χ4n) is 1.45. The van der Waals surface area contributed by atoms with E-state index < -0.39 is 13.2 Å². The van der Waals surface area contributed by atoms with Gasteiger partial charge in [-0.15, -0.1) is 0 Å². The van der Waals surface area contributed by atoms with Crippen LogP contribution in [0.15, 0.2) is 0 Å². The molecule has 0 aliphatic rings. The molecule has 1 N–H and O–H groups in total. The van der Waals surface area contributed by atoms with Gasteiger partial charge >= 0.3 is 68.6 Å². The molecule has 0 radical (unpaired) electrons. The van der Waals surface area contributed by atoms with Crippen LogP contribution in [0.1, 0.15) is 20.8 Å². The summed E-state index contributed by atoms with van der Waals surface area (Å²) in [6, 6.07) is 0. The topological polar surface area (TPSA) is 37.3 Å². The standard InChI is InChI=1S/C8H19O2P/c1-4-11(5-2,6-3)7-8(9)10/h11H,4-7H2,1-3H3,(H,9,10). The molecule has 0 heterocycles. The van der Waals surface area contributed by atoms with Crippen LogP contribution in [0, 0.1) is 0 Å². The average Bonchev–Trinajstić information content (AvgIpc) is 2.00. The summed E-state index contributed by atoms with van der Waals surface area (Å²) >= 11 is 0. The van der Waals surface area contributed by atoms with Crippen molar-refractivity contribution in [2.75, 3.05) is 24.6 Å². The van der Waals surface area contributed by atoms with Crippen LogP contribution in [0.25, 0.3) is 0 Å². The van der Waals surface area contributed by atoms with Crippen molar-refractivity contribution in [1.29, 1.82) is 0 Å². The van der Waals surface area contributed by atoms with Crippen LogP contribution in [-0.4, -0.2) is 35.7 Å². The molecule has 11 heavy (non-hydrogen) atoms. The molecule has 0 rings (SSSR count). The second-order valence-electron chi connectivity index (χ2n) is 3.13. The Morgan fingerprint density at radius 1 is 1.18 bits per heavy atom. The third-order valence-electron chi connectivity index (χ3n) is 2.78. The van der Waals surface area contributed by atoms with E-state index in [0.717, 1.165) is 18.5 Å². The minimum atomic E-state index is -1.38. The van der Waals surface area contributed by atoms with Crippen molar-refractivity contribution in [2.45, 2.75) is 20.8 Å². The van der Waals surface area contributed by atoms with E-state index in [1.165, 1.54) is 0 Å². The van der Waals surface area contributed by atoms with E-state index in [-0.39, 0.29) is 0 Å². The zero-order valence-electron chi connectivity index (χ0n) is 7.68. The SMILES string of the molecule is CC[PH](CC)(CC)CC(=O)O. The molecule has 3 heteroatoms.